The van der Waals surface area contributed by atoms with E-state index in [1.54, 1.807) is 11.9 Å². The molecule has 132 valence electrons. The van der Waals surface area contributed by atoms with Crippen LogP contribution in [0.2, 0.25) is 0 Å². The molecule has 1 N–H and O–H groups in total. The lowest BCUT2D eigenvalue weighted by molar-refractivity contribution is -0.132. The minimum absolute atomic E-state index is 0.214. The second-order valence-electron chi connectivity index (χ2n) is 7.09. The topological polar surface area (TPSA) is 35.6 Å². The quantitative estimate of drug-likeness (QED) is 0.892. The molecule has 2 fully saturated rings. The fraction of sp³-hybridized carbons (Fsp3) is 0.611. The standard InChI is InChI=1S/C18H25F2N3O/c1-22(17(24)16-9-18(19,20)13-21-16)10-15-7-8-23(12-15)11-14-5-3-2-4-6-14/h2-6,15-16,21H,7-13H2,1H3. The summed E-state index contributed by atoms with van der Waals surface area (Å²) in [7, 11) is 1.72. The van der Waals surface area contributed by atoms with Gasteiger partial charge >= 0.3 is 0 Å². The van der Waals surface area contributed by atoms with E-state index in [2.05, 4.69) is 22.3 Å². The van der Waals surface area contributed by atoms with E-state index in [0.29, 0.717) is 12.5 Å². The number of likely N-dealkylation sites (tertiary alicyclic amines) is 1. The zero-order valence-corrected chi connectivity index (χ0v) is 14.0. The fourth-order valence-corrected chi connectivity index (χ4v) is 3.68. The molecule has 2 atom stereocenters. The van der Waals surface area contributed by atoms with Gasteiger partial charge in [0.25, 0.3) is 5.92 Å². The SMILES string of the molecule is CN(CC1CCN(Cc2ccccc2)C1)C(=O)C1CC(F)(F)CN1. The average molecular weight is 337 g/mol. The van der Waals surface area contributed by atoms with Crippen LogP contribution in [-0.2, 0) is 11.3 Å². The van der Waals surface area contributed by atoms with Crippen molar-refractivity contribution < 1.29 is 13.6 Å². The molecule has 24 heavy (non-hydrogen) atoms. The van der Waals surface area contributed by atoms with Crippen molar-refractivity contribution in [1.29, 1.82) is 0 Å². The number of rotatable bonds is 5. The lowest BCUT2D eigenvalue weighted by Crippen LogP contribution is -2.43. The smallest absolute Gasteiger partial charge is 0.262 e. The summed E-state index contributed by atoms with van der Waals surface area (Å²) >= 11 is 0. The Morgan fingerprint density at radius 1 is 1.38 bits per heavy atom. The summed E-state index contributed by atoms with van der Waals surface area (Å²) in [5.41, 5.74) is 1.29. The number of hydrogen-bond donors (Lipinski definition) is 1. The number of nitrogens with zero attached hydrogens (tertiary/aromatic N) is 2. The van der Waals surface area contributed by atoms with Crippen molar-refractivity contribution in [2.45, 2.75) is 31.4 Å². The Hall–Kier alpha value is -1.53. The third kappa shape index (κ3) is 4.30. The molecule has 4 nitrogen and oxygen atoms in total. The van der Waals surface area contributed by atoms with E-state index in [1.165, 1.54) is 5.56 Å². The first-order chi connectivity index (χ1) is 11.4. The number of hydrogen-bond acceptors (Lipinski definition) is 3. The van der Waals surface area contributed by atoms with Gasteiger partial charge in [-0.25, -0.2) is 8.78 Å². The first-order valence-corrected chi connectivity index (χ1v) is 8.55. The van der Waals surface area contributed by atoms with Crippen LogP contribution in [0.4, 0.5) is 8.78 Å². The molecule has 2 unspecified atom stereocenters. The molecule has 0 saturated carbocycles. The van der Waals surface area contributed by atoms with Gasteiger partial charge in [0.2, 0.25) is 5.91 Å². The van der Waals surface area contributed by atoms with Crippen molar-refractivity contribution in [2.75, 3.05) is 33.2 Å². The molecule has 3 rings (SSSR count). The van der Waals surface area contributed by atoms with E-state index < -0.39 is 18.5 Å². The van der Waals surface area contributed by atoms with Gasteiger partial charge in [-0.1, -0.05) is 30.3 Å². The van der Waals surface area contributed by atoms with Crippen LogP contribution in [0.3, 0.4) is 0 Å². The van der Waals surface area contributed by atoms with E-state index in [-0.39, 0.29) is 12.3 Å². The van der Waals surface area contributed by atoms with Crippen LogP contribution < -0.4 is 5.32 Å². The Kier molecular flexibility index (Phi) is 5.15. The summed E-state index contributed by atoms with van der Waals surface area (Å²) in [5, 5.41) is 2.64. The summed E-state index contributed by atoms with van der Waals surface area (Å²) in [6, 6.07) is 9.59. The molecular formula is C18H25F2N3O. The molecule has 0 aliphatic carbocycles. The molecule has 1 aromatic rings. The molecule has 2 saturated heterocycles. The van der Waals surface area contributed by atoms with E-state index >= 15 is 0 Å². The van der Waals surface area contributed by atoms with E-state index in [9.17, 15) is 13.6 Å². The van der Waals surface area contributed by atoms with Crippen molar-refractivity contribution in [2.24, 2.45) is 5.92 Å². The summed E-state index contributed by atoms with van der Waals surface area (Å²) in [4.78, 5) is 16.3. The third-order valence-electron chi connectivity index (χ3n) is 4.94. The Bertz CT molecular complexity index is 567. The lowest BCUT2D eigenvalue weighted by atomic mass is 10.1. The second kappa shape index (κ2) is 7.15. The number of carbonyl (C=O) groups excluding carboxylic acids is 1. The predicted molar refractivity (Wildman–Crippen MR) is 88.8 cm³/mol. The monoisotopic (exact) mass is 337 g/mol. The molecule has 0 aromatic heterocycles. The maximum Gasteiger partial charge on any atom is 0.262 e. The zero-order valence-electron chi connectivity index (χ0n) is 14.0. The van der Waals surface area contributed by atoms with Crippen LogP contribution in [0.5, 0.6) is 0 Å². The van der Waals surface area contributed by atoms with Crippen LogP contribution in [0.1, 0.15) is 18.4 Å². The van der Waals surface area contributed by atoms with Crippen molar-refractivity contribution in [1.82, 2.24) is 15.1 Å². The first kappa shape index (κ1) is 17.3. The normalized spacial score (nSPS) is 26.6. The van der Waals surface area contributed by atoms with Gasteiger partial charge in [0.05, 0.1) is 12.6 Å². The number of likely N-dealkylation sites (N-methyl/N-ethyl adjacent to an activating group) is 1. The highest BCUT2D eigenvalue weighted by molar-refractivity contribution is 5.82. The van der Waals surface area contributed by atoms with Crippen LogP contribution in [-0.4, -0.2) is 60.9 Å². The van der Waals surface area contributed by atoms with Crippen molar-refractivity contribution in [3.8, 4) is 0 Å². The van der Waals surface area contributed by atoms with E-state index in [4.69, 9.17) is 0 Å². The van der Waals surface area contributed by atoms with Gasteiger partial charge in [-0.2, -0.15) is 0 Å². The largest absolute Gasteiger partial charge is 0.344 e. The molecule has 1 amide bonds. The summed E-state index contributed by atoms with van der Waals surface area (Å²) in [5.74, 6) is -2.57. The second-order valence-corrected chi connectivity index (χ2v) is 7.09. The summed E-state index contributed by atoms with van der Waals surface area (Å²) in [6.07, 6.45) is 0.652. The van der Waals surface area contributed by atoms with Gasteiger partial charge in [-0.3, -0.25) is 15.0 Å². The zero-order chi connectivity index (χ0) is 17.2. The lowest BCUT2D eigenvalue weighted by Gasteiger charge is -2.24. The number of nitrogens with one attached hydrogen (secondary N) is 1. The Morgan fingerprint density at radius 3 is 2.79 bits per heavy atom. The maximum atomic E-state index is 13.2. The molecule has 2 heterocycles. The van der Waals surface area contributed by atoms with Crippen molar-refractivity contribution in [3.63, 3.8) is 0 Å². The van der Waals surface area contributed by atoms with Gasteiger partial charge in [0, 0.05) is 33.1 Å². The van der Waals surface area contributed by atoms with Crippen LogP contribution in [0, 0.1) is 5.92 Å². The molecule has 2 aliphatic rings. The Balaban J connectivity index is 1.46. The fourth-order valence-electron chi connectivity index (χ4n) is 3.68. The van der Waals surface area contributed by atoms with E-state index in [0.717, 1.165) is 26.1 Å². The summed E-state index contributed by atoms with van der Waals surface area (Å²) in [6.45, 7) is 3.12. The van der Waals surface area contributed by atoms with Gasteiger partial charge in [0.1, 0.15) is 0 Å². The van der Waals surface area contributed by atoms with Crippen LogP contribution >= 0.6 is 0 Å². The number of carbonyl (C=O) groups is 1. The average Bonchev–Trinajstić information content (AvgIpc) is 3.13. The van der Waals surface area contributed by atoms with Crippen molar-refractivity contribution in [3.05, 3.63) is 35.9 Å². The van der Waals surface area contributed by atoms with E-state index in [1.807, 2.05) is 18.2 Å². The highest BCUT2D eigenvalue weighted by Crippen LogP contribution is 2.26. The minimum atomic E-state index is -2.76. The number of amides is 1. The number of alkyl halides is 2. The number of benzene rings is 1. The molecule has 1 aromatic carbocycles. The highest BCUT2D eigenvalue weighted by atomic mass is 19.3. The van der Waals surface area contributed by atoms with Gasteiger partial charge < -0.3 is 4.90 Å². The molecule has 0 radical (unpaired) electrons. The van der Waals surface area contributed by atoms with Crippen LogP contribution in [0.15, 0.2) is 30.3 Å². The first-order valence-electron chi connectivity index (χ1n) is 8.55. The maximum absolute atomic E-state index is 13.2. The van der Waals surface area contributed by atoms with Crippen molar-refractivity contribution >= 4 is 5.91 Å². The predicted octanol–water partition coefficient (Wildman–Crippen LogP) is 1.96. The highest BCUT2D eigenvalue weighted by Gasteiger charge is 2.43. The van der Waals surface area contributed by atoms with Gasteiger partial charge in [-0.05, 0) is 24.4 Å². The molecule has 0 spiro atoms. The summed E-state index contributed by atoms with van der Waals surface area (Å²) < 4.78 is 26.5. The third-order valence-corrected chi connectivity index (χ3v) is 4.94. The Labute approximate surface area is 141 Å². The molecule has 0 bridgehead atoms. The Morgan fingerprint density at radius 2 is 2.12 bits per heavy atom. The number of halogens is 2. The van der Waals surface area contributed by atoms with Crippen LogP contribution in [0.25, 0.3) is 0 Å². The van der Waals surface area contributed by atoms with Gasteiger partial charge in [-0.15, -0.1) is 0 Å². The molecular weight excluding hydrogens is 312 g/mol. The van der Waals surface area contributed by atoms with Gasteiger partial charge in [0.15, 0.2) is 0 Å². The molecule has 2 aliphatic heterocycles. The molecule has 6 heteroatoms. The minimum Gasteiger partial charge on any atom is -0.344 e.